The Morgan fingerprint density at radius 1 is 1.10 bits per heavy atom. The summed E-state index contributed by atoms with van der Waals surface area (Å²) in [5.41, 5.74) is 2.17. The molecule has 2 heterocycles. The number of benzene rings is 1. The van der Waals surface area contributed by atoms with Crippen LogP contribution in [-0.4, -0.2) is 14.3 Å². The van der Waals surface area contributed by atoms with Crippen LogP contribution in [-0.2, 0) is 0 Å². The fourth-order valence-corrected chi connectivity index (χ4v) is 2.56. The normalized spacial score (nSPS) is 10.4. The Bertz CT molecular complexity index is 742. The van der Waals surface area contributed by atoms with Crippen molar-refractivity contribution in [1.29, 1.82) is 0 Å². The molecule has 3 aromatic rings. The highest BCUT2D eigenvalue weighted by molar-refractivity contribution is 7.09. The van der Waals surface area contributed by atoms with E-state index >= 15 is 0 Å². The van der Waals surface area contributed by atoms with Gasteiger partial charge >= 0.3 is 0 Å². The molecule has 0 N–H and O–H groups in total. The Kier molecular flexibility index (Phi) is 3.22. The lowest BCUT2D eigenvalue weighted by atomic mass is 10.0. The van der Waals surface area contributed by atoms with E-state index in [-0.39, 0.29) is 10.6 Å². The fraction of sp³-hybridized carbons (Fsp3) is 0. The van der Waals surface area contributed by atoms with E-state index in [1.807, 2.05) is 18.2 Å². The van der Waals surface area contributed by atoms with Crippen LogP contribution in [0.3, 0.4) is 0 Å². The van der Waals surface area contributed by atoms with Gasteiger partial charge in [-0.1, -0.05) is 12.1 Å². The quantitative estimate of drug-likeness (QED) is 0.542. The van der Waals surface area contributed by atoms with Crippen molar-refractivity contribution in [3.63, 3.8) is 0 Å². The molecule has 0 radical (unpaired) electrons. The van der Waals surface area contributed by atoms with Gasteiger partial charge in [-0.2, -0.15) is 0 Å². The summed E-state index contributed by atoms with van der Waals surface area (Å²) in [5.74, 6) is 0. The number of nitro benzene ring substituents is 1. The zero-order chi connectivity index (χ0) is 13.9. The van der Waals surface area contributed by atoms with Crippen molar-refractivity contribution in [2.24, 2.45) is 0 Å². The summed E-state index contributed by atoms with van der Waals surface area (Å²) in [6.07, 6.45) is 4.94. The summed E-state index contributed by atoms with van der Waals surface area (Å²) in [6, 6.07) is 10.6. The molecule has 2 aromatic heterocycles. The number of pyridine rings is 1. The summed E-state index contributed by atoms with van der Waals surface area (Å²) in [4.78, 5) is 15.8. The Hall–Kier alpha value is -2.60. The van der Waals surface area contributed by atoms with Crippen molar-refractivity contribution in [2.45, 2.75) is 0 Å². The van der Waals surface area contributed by atoms with Crippen LogP contribution >= 0.6 is 11.5 Å². The summed E-state index contributed by atoms with van der Waals surface area (Å²) < 4.78 is 4.02. The van der Waals surface area contributed by atoms with E-state index in [1.165, 1.54) is 11.5 Å². The lowest BCUT2D eigenvalue weighted by molar-refractivity contribution is -0.384. The van der Waals surface area contributed by atoms with Gasteiger partial charge in [0, 0.05) is 35.8 Å². The molecule has 0 aliphatic rings. The van der Waals surface area contributed by atoms with Crippen LogP contribution in [0.1, 0.15) is 0 Å². The van der Waals surface area contributed by atoms with E-state index < -0.39 is 0 Å². The molecule has 0 bridgehead atoms. The second kappa shape index (κ2) is 5.18. The predicted octanol–water partition coefficient (Wildman–Crippen LogP) is 3.78. The summed E-state index contributed by atoms with van der Waals surface area (Å²) in [6.45, 7) is 0. The Balaban J connectivity index is 2.15. The third-order valence-electron chi connectivity index (χ3n) is 2.89. The molecule has 0 saturated carbocycles. The van der Waals surface area contributed by atoms with Crippen LogP contribution in [0.25, 0.3) is 21.6 Å². The van der Waals surface area contributed by atoms with E-state index in [2.05, 4.69) is 9.36 Å². The molecule has 0 spiro atoms. The second-order valence-corrected chi connectivity index (χ2v) is 4.94. The largest absolute Gasteiger partial charge is 0.277 e. The number of hydrogen-bond acceptors (Lipinski definition) is 5. The Labute approximate surface area is 118 Å². The average Bonchev–Trinajstić information content (AvgIpc) is 3.02. The number of nitrogens with zero attached hydrogens (tertiary/aromatic N) is 3. The van der Waals surface area contributed by atoms with Crippen LogP contribution in [0.5, 0.6) is 0 Å². The molecule has 0 aliphatic carbocycles. The van der Waals surface area contributed by atoms with Gasteiger partial charge in [0.1, 0.15) is 0 Å². The molecule has 0 aliphatic heterocycles. The molecule has 20 heavy (non-hydrogen) atoms. The van der Waals surface area contributed by atoms with Gasteiger partial charge in [0.05, 0.1) is 15.4 Å². The SMILES string of the molecule is O=[N+]([O-])c1cc(-c2ccns2)ccc1-c1cccnc1. The molecule has 0 unspecified atom stereocenters. The molecule has 1 aromatic carbocycles. The monoisotopic (exact) mass is 283 g/mol. The average molecular weight is 283 g/mol. The van der Waals surface area contributed by atoms with Crippen molar-refractivity contribution in [2.75, 3.05) is 0 Å². The second-order valence-electron chi connectivity index (χ2n) is 4.11. The first kappa shape index (κ1) is 12.4. The van der Waals surface area contributed by atoms with E-state index in [0.717, 1.165) is 16.0 Å². The molecule has 0 amide bonds. The predicted molar refractivity (Wildman–Crippen MR) is 77.4 cm³/mol. The van der Waals surface area contributed by atoms with E-state index in [1.54, 1.807) is 36.8 Å². The fourth-order valence-electron chi connectivity index (χ4n) is 1.97. The van der Waals surface area contributed by atoms with E-state index in [0.29, 0.717) is 5.56 Å². The molecule has 6 heteroatoms. The first-order valence-corrected chi connectivity index (χ1v) is 6.63. The number of rotatable bonds is 3. The first-order valence-electron chi connectivity index (χ1n) is 5.85. The van der Waals surface area contributed by atoms with Crippen molar-refractivity contribution in [3.8, 4) is 21.6 Å². The maximum absolute atomic E-state index is 11.3. The van der Waals surface area contributed by atoms with Crippen molar-refractivity contribution < 1.29 is 4.92 Å². The van der Waals surface area contributed by atoms with Gasteiger partial charge in [0.25, 0.3) is 5.69 Å². The maximum atomic E-state index is 11.3. The third-order valence-corrected chi connectivity index (χ3v) is 3.68. The van der Waals surface area contributed by atoms with Gasteiger partial charge in [0.2, 0.25) is 0 Å². The van der Waals surface area contributed by atoms with Crippen LogP contribution in [0, 0.1) is 10.1 Å². The topological polar surface area (TPSA) is 68.9 Å². The summed E-state index contributed by atoms with van der Waals surface area (Å²) in [5, 5.41) is 11.3. The highest BCUT2D eigenvalue weighted by Gasteiger charge is 2.17. The first-order chi connectivity index (χ1) is 9.75. The zero-order valence-electron chi connectivity index (χ0n) is 10.3. The molecule has 98 valence electrons. The number of aromatic nitrogens is 2. The Morgan fingerprint density at radius 3 is 2.65 bits per heavy atom. The summed E-state index contributed by atoms with van der Waals surface area (Å²) >= 11 is 1.31. The minimum Gasteiger partial charge on any atom is -0.264 e. The molecule has 0 atom stereocenters. The number of hydrogen-bond donors (Lipinski definition) is 0. The highest BCUT2D eigenvalue weighted by atomic mass is 32.1. The van der Waals surface area contributed by atoms with Crippen molar-refractivity contribution in [1.82, 2.24) is 9.36 Å². The lowest BCUT2D eigenvalue weighted by Gasteiger charge is -2.04. The van der Waals surface area contributed by atoms with Gasteiger partial charge in [-0.15, -0.1) is 0 Å². The van der Waals surface area contributed by atoms with E-state index in [4.69, 9.17) is 0 Å². The molecule has 5 nitrogen and oxygen atoms in total. The molecular formula is C14H9N3O2S. The van der Waals surface area contributed by atoms with Gasteiger partial charge < -0.3 is 0 Å². The minimum absolute atomic E-state index is 0.0731. The van der Waals surface area contributed by atoms with Gasteiger partial charge in [-0.25, -0.2) is 4.37 Å². The van der Waals surface area contributed by atoms with Crippen LogP contribution < -0.4 is 0 Å². The van der Waals surface area contributed by atoms with Crippen LogP contribution in [0.4, 0.5) is 5.69 Å². The molecule has 3 rings (SSSR count). The van der Waals surface area contributed by atoms with Gasteiger partial charge in [0.15, 0.2) is 0 Å². The lowest BCUT2D eigenvalue weighted by Crippen LogP contribution is -1.93. The van der Waals surface area contributed by atoms with Crippen LogP contribution in [0.2, 0.25) is 0 Å². The zero-order valence-corrected chi connectivity index (χ0v) is 11.1. The Morgan fingerprint density at radius 2 is 2.00 bits per heavy atom. The minimum atomic E-state index is -0.368. The van der Waals surface area contributed by atoms with Crippen molar-refractivity contribution >= 4 is 17.2 Å². The molecule has 0 fully saturated rings. The van der Waals surface area contributed by atoms with Crippen molar-refractivity contribution in [3.05, 3.63) is 65.1 Å². The molecule has 0 saturated heterocycles. The standard InChI is InChI=1S/C14H9N3O2S/c18-17(19)13-8-10(14-5-7-16-20-14)3-4-12(13)11-2-1-6-15-9-11/h1-9H. The van der Waals surface area contributed by atoms with Gasteiger partial charge in [-0.05, 0) is 29.7 Å². The highest BCUT2D eigenvalue weighted by Crippen LogP contribution is 2.34. The van der Waals surface area contributed by atoms with Crippen LogP contribution in [0.15, 0.2) is 55.0 Å². The number of nitro groups is 1. The molecular weight excluding hydrogens is 274 g/mol. The third kappa shape index (κ3) is 2.28. The van der Waals surface area contributed by atoms with Gasteiger partial charge in [-0.3, -0.25) is 15.1 Å². The maximum Gasteiger partial charge on any atom is 0.277 e. The van der Waals surface area contributed by atoms with E-state index in [9.17, 15) is 10.1 Å². The summed E-state index contributed by atoms with van der Waals surface area (Å²) in [7, 11) is 0. The smallest absolute Gasteiger partial charge is 0.264 e.